The number of nitrogens with one attached hydrogen (secondary N) is 1. The van der Waals surface area contributed by atoms with Gasteiger partial charge in [-0.2, -0.15) is 13.2 Å². The molecule has 1 aromatic carbocycles. The van der Waals surface area contributed by atoms with Gasteiger partial charge in [0.05, 0.1) is 26.9 Å². The van der Waals surface area contributed by atoms with E-state index in [-0.39, 0.29) is 15.6 Å². The first-order valence-corrected chi connectivity index (χ1v) is 8.27. The summed E-state index contributed by atoms with van der Waals surface area (Å²) in [4.78, 5) is 11.2. The second kappa shape index (κ2) is 6.60. The van der Waals surface area contributed by atoms with Gasteiger partial charge in [-0.25, -0.2) is 8.42 Å². The van der Waals surface area contributed by atoms with Crippen LogP contribution in [0.25, 0.3) is 0 Å². The first kappa shape index (κ1) is 18.3. The maximum absolute atomic E-state index is 12.0. The lowest BCUT2D eigenvalue weighted by Crippen LogP contribution is -2.28. The van der Waals surface area contributed by atoms with E-state index in [9.17, 15) is 26.4 Å². The third-order valence-corrected chi connectivity index (χ3v) is 4.36. The van der Waals surface area contributed by atoms with Gasteiger partial charge in [-0.15, -0.1) is 0 Å². The van der Waals surface area contributed by atoms with Crippen LogP contribution in [0.15, 0.2) is 17.0 Å². The largest absolute Gasteiger partial charge is 0.390 e. The Bertz CT molecular complexity index is 661. The molecular formula is C10H7Cl3F3NO3S. The molecule has 0 radical (unpaired) electrons. The van der Waals surface area contributed by atoms with E-state index in [2.05, 4.69) is 0 Å². The summed E-state index contributed by atoms with van der Waals surface area (Å²) in [5.74, 6) is -0.992. The van der Waals surface area contributed by atoms with Crippen LogP contribution in [0.4, 0.5) is 13.2 Å². The minimum atomic E-state index is -4.43. The van der Waals surface area contributed by atoms with Gasteiger partial charge in [0, 0.05) is 17.2 Å². The molecule has 1 amide bonds. The van der Waals surface area contributed by atoms with E-state index in [4.69, 9.17) is 33.9 Å². The van der Waals surface area contributed by atoms with Gasteiger partial charge in [0.2, 0.25) is 0 Å². The topological polar surface area (TPSA) is 63.2 Å². The van der Waals surface area contributed by atoms with Crippen molar-refractivity contribution in [2.75, 3.05) is 6.54 Å². The molecule has 11 heteroatoms. The number of hydrogen-bond acceptors (Lipinski definition) is 3. The maximum atomic E-state index is 12.0. The van der Waals surface area contributed by atoms with Crippen LogP contribution in [-0.4, -0.2) is 27.0 Å². The van der Waals surface area contributed by atoms with Gasteiger partial charge in [0.25, 0.3) is 15.0 Å². The number of rotatable bonds is 4. The number of halogens is 6. The average molecular weight is 385 g/mol. The maximum Gasteiger partial charge on any atom is 0.390 e. The van der Waals surface area contributed by atoms with Crippen LogP contribution < -0.4 is 5.32 Å². The number of carbonyl (C=O) groups is 1. The van der Waals surface area contributed by atoms with Gasteiger partial charge in [-0.1, -0.05) is 23.2 Å². The first-order chi connectivity index (χ1) is 9.42. The molecule has 0 aromatic heterocycles. The van der Waals surface area contributed by atoms with E-state index in [1.54, 1.807) is 0 Å². The zero-order chi connectivity index (χ0) is 16.4. The fourth-order valence-corrected chi connectivity index (χ4v) is 2.55. The minimum absolute atomic E-state index is 0.264. The molecule has 0 spiro atoms. The second-order valence-electron chi connectivity index (χ2n) is 3.83. The molecule has 4 nitrogen and oxygen atoms in total. The SMILES string of the molecule is O=C(NCCC(F)(F)F)c1cc(S(=O)(=O)Cl)cc(Cl)c1Cl. The van der Waals surface area contributed by atoms with Crippen molar-refractivity contribution >= 4 is 48.8 Å². The van der Waals surface area contributed by atoms with Crippen LogP contribution in [0.1, 0.15) is 16.8 Å². The Morgan fingerprint density at radius 3 is 2.29 bits per heavy atom. The summed E-state index contributed by atoms with van der Waals surface area (Å²) in [6.07, 6.45) is -5.67. The molecule has 0 heterocycles. The molecule has 21 heavy (non-hydrogen) atoms. The van der Waals surface area contributed by atoms with Gasteiger partial charge in [-0.3, -0.25) is 4.79 Å². The predicted octanol–water partition coefficient (Wildman–Crippen LogP) is 3.60. The van der Waals surface area contributed by atoms with Gasteiger partial charge < -0.3 is 5.32 Å². The molecule has 1 rings (SSSR count). The monoisotopic (exact) mass is 383 g/mol. The van der Waals surface area contributed by atoms with E-state index < -0.39 is 39.0 Å². The lowest BCUT2D eigenvalue weighted by Gasteiger charge is -2.10. The number of amides is 1. The lowest BCUT2D eigenvalue weighted by molar-refractivity contribution is -0.132. The molecule has 0 saturated carbocycles. The van der Waals surface area contributed by atoms with E-state index in [0.717, 1.165) is 12.1 Å². The highest BCUT2D eigenvalue weighted by Crippen LogP contribution is 2.30. The number of alkyl halides is 3. The summed E-state index contributed by atoms with van der Waals surface area (Å²) in [6, 6.07) is 1.76. The van der Waals surface area contributed by atoms with Crippen molar-refractivity contribution in [3.63, 3.8) is 0 Å². The molecule has 118 valence electrons. The Morgan fingerprint density at radius 1 is 1.24 bits per heavy atom. The van der Waals surface area contributed by atoms with E-state index >= 15 is 0 Å². The summed E-state index contributed by atoms with van der Waals surface area (Å²) < 4.78 is 58.3. The summed E-state index contributed by atoms with van der Waals surface area (Å²) in [7, 11) is 0.941. The summed E-state index contributed by atoms with van der Waals surface area (Å²) >= 11 is 11.4. The normalized spacial score (nSPS) is 12.3. The second-order valence-corrected chi connectivity index (χ2v) is 7.18. The predicted molar refractivity (Wildman–Crippen MR) is 72.5 cm³/mol. The third kappa shape index (κ3) is 5.54. The minimum Gasteiger partial charge on any atom is -0.352 e. The van der Waals surface area contributed by atoms with E-state index in [1.165, 1.54) is 0 Å². The molecule has 0 fully saturated rings. The molecule has 0 saturated heterocycles. The molecule has 0 unspecified atom stereocenters. The van der Waals surface area contributed by atoms with Crippen LogP contribution in [0.3, 0.4) is 0 Å². The van der Waals surface area contributed by atoms with Crippen molar-refractivity contribution in [2.45, 2.75) is 17.5 Å². The lowest BCUT2D eigenvalue weighted by atomic mass is 10.2. The zero-order valence-corrected chi connectivity index (χ0v) is 13.1. The molecule has 0 bridgehead atoms. The Hall–Kier alpha value is -0.700. The molecule has 0 aliphatic carbocycles. The fraction of sp³-hybridized carbons (Fsp3) is 0.300. The van der Waals surface area contributed by atoms with Crippen molar-refractivity contribution in [3.8, 4) is 0 Å². The van der Waals surface area contributed by atoms with E-state index in [0.29, 0.717) is 0 Å². The molecule has 1 N–H and O–H groups in total. The summed E-state index contributed by atoms with van der Waals surface area (Å²) in [6.45, 7) is -0.686. The van der Waals surface area contributed by atoms with Crippen molar-refractivity contribution in [1.82, 2.24) is 5.32 Å². The van der Waals surface area contributed by atoms with Crippen LogP contribution >= 0.6 is 33.9 Å². The highest BCUT2D eigenvalue weighted by Gasteiger charge is 2.27. The Balaban J connectivity index is 3.02. The summed E-state index contributed by atoms with van der Waals surface area (Å²) in [5.41, 5.74) is -0.384. The van der Waals surface area contributed by atoms with Crippen molar-refractivity contribution in [1.29, 1.82) is 0 Å². The number of benzene rings is 1. The van der Waals surface area contributed by atoms with E-state index in [1.807, 2.05) is 5.32 Å². The highest BCUT2D eigenvalue weighted by atomic mass is 35.7. The van der Waals surface area contributed by atoms with Gasteiger partial charge in [0.1, 0.15) is 0 Å². The molecular weight excluding hydrogens is 378 g/mol. The Kier molecular flexibility index (Phi) is 5.76. The standard InChI is InChI=1S/C10H7Cl3F3NO3S/c11-7-4-5(21(13,19)20)3-6(8(7)12)9(18)17-2-1-10(14,15)16/h3-4H,1-2H2,(H,17,18). The molecule has 0 aliphatic heterocycles. The molecule has 0 aliphatic rings. The van der Waals surface area contributed by atoms with Crippen molar-refractivity contribution < 1.29 is 26.4 Å². The van der Waals surface area contributed by atoms with Gasteiger partial charge >= 0.3 is 6.18 Å². The van der Waals surface area contributed by atoms with Crippen LogP contribution in [0.2, 0.25) is 10.0 Å². The number of carbonyl (C=O) groups excluding carboxylic acids is 1. The van der Waals surface area contributed by atoms with Crippen LogP contribution in [-0.2, 0) is 9.05 Å². The van der Waals surface area contributed by atoms with Crippen LogP contribution in [0.5, 0.6) is 0 Å². The van der Waals surface area contributed by atoms with Crippen molar-refractivity contribution in [3.05, 3.63) is 27.7 Å². The van der Waals surface area contributed by atoms with Crippen LogP contribution in [0, 0.1) is 0 Å². The quantitative estimate of drug-likeness (QED) is 0.807. The van der Waals surface area contributed by atoms with Crippen molar-refractivity contribution in [2.24, 2.45) is 0 Å². The number of hydrogen-bond donors (Lipinski definition) is 1. The smallest absolute Gasteiger partial charge is 0.352 e. The Morgan fingerprint density at radius 2 is 1.81 bits per heavy atom. The Labute approximate surface area is 132 Å². The molecule has 1 aromatic rings. The van der Waals surface area contributed by atoms with Gasteiger partial charge in [0.15, 0.2) is 0 Å². The fourth-order valence-electron chi connectivity index (χ4n) is 1.28. The third-order valence-electron chi connectivity index (χ3n) is 2.22. The summed E-state index contributed by atoms with van der Waals surface area (Å²) in [5, 5.41) is 1.41. The average Bonchev–Trinajstić information content (AvgIpc) is 2.29. The zero-order valence-electron chi connectivity index (χ0n) is 9.97. The van der Waals surface area contributed by atoms with Gasteiger partial charge in [-0.05, 0) is 12.1 Å². The highest BCUT2D eigenvalue weighted by molar-refractivity contribution is 8.13. The first-order valence-electron chi connectivity index (χ1n) is 5.20. The molecule has 0 atom stereocenters.